The summed E-state index contributed by atoms with van der Waals surface area (Å²) >= 11 is 0. The number of rotatable bonds is 7. The van der Waals surface area contributed by atoms with Crippen LogP contribution < -0.4 is 38.6 Å². The van der Waals surface area contributed by atoms with Crippen molar-refractivity contribution in [3.63, 3.8) is 0 Å². The highest BCUT2D eigenvalue weighted by Crippen LogP contribution is 2.33. The molecule has 1 saturated carbocycles. The Bertz CT molecular complexity index is 1670. The standard InChI is InChI=1S/C25H24BFN6O3/c1-31-21(34)13-20(30-19-8-5-14(26)11-18(19)27)22-23(31)32(25(36)33(24(22)35)16-6-7-16)17-4-2-3-15(12-17)29-10-9-28/h2-5,8,11-13,16,29-30H,6-7,9-10,28H2,1H3. The largest absolute Gasteiger partial charge is 0.384 e. The molecule has 0 unspecified atom stereocenters. The number of hydrogen-bond acceptors (Lipinski definition) is 6. The number of fused-ring (bicyclic) bond motifs is 1. The van der Waals surface area contributed by atoms with E-state index >= 15 is 0 Å². The monoisotopic (exact) mass is 486 g/mol. The number of pyridine rings is 1. The van der Waals surface area contributed by atoms with Gasteiger partial charge in [0, 0.05) is 37.9 Å². The third-order valence-corrected chi connectivity index (χ3v) is 6.20. The molecule has 1 aliphatic carbocycles. The Labute approximate surface area is 206 Å². The van der Waals surface area contributed by atoms with Crippen LogP contribution in [-0.4, -0.2) is 34.6 Å². The first kappa shape index (κ1) is 23.6. The van der Waals surface area contributed by atoms with Crippen molar-refractivity contribution in [2.45, 2.75) is 18.9 Å². The highest BCUT2D eigenvalue weighted by atomic mass is 19.1. The summed E-state index contributed by atoms with van der Waals surface area (Å²) in [7, 11) is 7.15. The fraction of sp³-hybridized carbons (Fsp3) is 0.240. The Kier molecular flexibility index (Phi) is 6.01. The van der Waals surface area contributed by atoms with Crippen LogP contribution in [0.2, 0.25) is 0 Å². The molecule has 4 N–H and O–H groups in total. The van der Waals surface area contributed by atoms with Crippen molar-refractivity contribution >= 4 is 41.4 Å². The summed E-state index contributed by atoms with van der Waals surface area (Å²) in [4.78, 5) is 40.4. The van der Waals surface area contributed by atoms with E-state index in [0.717, 1.165) is 11.8 Å². The number of halogens is 1. The Morgan fingerprint density at radius 3 is 2.56 bits per heavy atom. The topological polar surface area (TPSA) is 116 Å². The second-order valence-electron chi connectivity index (χ2n) is 8.81. The van der Waals surface area contributed by atoms with Crippen molar-refractivity contribution in [2.24, 2.45) is 12.8 Å². The minimum atomic E-state index is -0.640. The molecule has 36 heavy (non-hydrogen) atoms. The summed E-state index contributed by atoms with van der Waals surface area (Å²) < 4.78 is 18.4. The van der Waals surface area contributed by atoms with Crippen LogP contribution in [-0.2, 0) is 7.05 Å². The molecule has 2 aromatic carbocycles. The number of benzene rings is 2. The molecule has 9 nitrogen and oxygen atoms in total. The van der Waals surface area contributed by atoms with Crippen molar-refractivity contribution in [3.05, 3.63) is 85.5 Å². The van der Waals surface area contributed by atoms with Crippen LogP contribution in [0.25, 0.3) is 16.7 Å². The summed E-state index contributed by atoms with van der Waals surface area (Å²) in [5.74, 6) is -0.640. The average Bonchev–Trinajstić information content (AvgIpc) is 3.68. The number of anilines is 3. The molecule has 2 heterocycles. The Morgan fingerprint density at radius 2 is 1.86 bits per heavy atom. The minimum Gasteiger partial charge on any atom is -0.384 e. The maximum Gasteiger partial charge on any atom is 0.337 e. The summed E-state index contributed by atoms with van der Waals surface area (Å²) in [5.41, 5.74) is 5.71. The van der Waals surface area contributed by atoms with Crippen molar-refractivity contribution in [1.82, 2.24) is 13.7 Å². The molecule has 1 fully saturated rings. The van der Waals surface area contributed by atoms with Gasteiger partial charge in [-0.2, -0.15) is 0 Å². The Hall–Kier alpha value is -4.12. The van der Waals surface area contributed by atoms with Gasteiger partial charge in [0.25, 0.3) is 11.1 Å². The van der Waals surface area contributed by atoms with Crippen molar-refractivity contribution in [2.75, 3.05) is 23.7 Å². The highest BCUT2D eigenvalue weighted by Gasteiger charge is 2.31. The lowest BCUT2D eigenvalue weighted by Gasteiger charge is -2.19. The second kappa shape index (κ2) is 9.16. The van der Waals surface area contributed by atoms with E-state index in [1.165, 1.54) is 38.9 Å². The van der Waals surface area contributed by atoms with Gasteiger partial charge in [-0.25, -0.2) is 13.8 Å². The lowest BCUT2D eigenvalue weighted by molar-refractivity contribution is 0.632. The third kappa shape index (κ3) is 4.11. The van der Waals surface area contributed by atoms with Crippen molar-refractivity contribution < 1.29 is 4.39 Å². The number of aryl methyl sites for hydroxylation is 1. The van der Waals surface area contributed by atoms with Crippen LogP contribution >= 0.6 is 0 Å². The molecule has 182 valence electrons. The van der Waals surface area contributed by atoms with Crippen LogP contribution in [0.1, 0.15) is 18.9 Å². The van der Waals surface area contributed by atoms with E-state index in [1.807, 2.05) is 6.07 Å². The molecule has 11 heteroatoms. The third-order valence-electron chi connectivity index (χ3n) is 6.20. The van der Waals surface area contributed by atoms with Crippen LogP contribution in [0.15, 0.2) is 62.9 Å². The van der Waals surface area contributed by atoms with Crippen LogP contribution in [0.3, 0.4) is 0 Å². The van der Waals surface area contributed by atoms with Gasteiger partial charge in [-0.3, -0.25) is 18.7 Å². The number of hydrogen-bond donors (Lipinski definition) is 3. The molecule has 0 spiro atoms. The van der Waals surface area contributed by atoms with Gasteiger partial charge in [0.05, 0.1) is 17.1 Å². The first-order valence-corrected chi connectivity index (χ1v) is 11.6. The predicted molar refractivity (Wildman–Crippen MR) is 140 cm³/mol. The lowest BCUT2D eigenvalue weighted by Crippen LogP contribution is -2.41. The van der Waals surface area contributed by atoms with E-state index in [4.69, 9.17) is 13.6 Å². The number of nitrogens with one attached hydrogen (secondary N) is 2. The lowest BCUT2D eigenvalue weighted by atomic mass is 9.96. The normalized spacial score (nSPS) is 13.2. The molecule has 5 rings (SSSR count). The van der Waals surface area contributed by atoms with Gasteiger partial charge >= 0.3 is 5.69 Å². The molecule has 0 bridgehead atoms. The summed E-state index contributed by atoms with van der Waals surface area (Å²) in [6.45, 7) is 0.950. The second-order valence-corrected chi connectivity index (χ2v) is 8.81. The molecule has 4 aromatic rings. The first-order valence-electron chi connectivity index (χ1n) is 11.6. The maximum absolute atomic E-state index is 14.6. The van der Waals surface area contributed by atoms with Crippen LogP contribution in [0.4, 0.5) is 21.5 Å². The van der Waals surface area contributed by atoms with Crippen LogP contribution in [0, 0.1) is 5.82 Å². The molecular formula is C25H24BFN6O3. The van der Waals surface area contributed by atoms with Crippen molar-refractivity contribution in [1.29, 1.82) is 0 Å². The van der Waals surface area contributed by atoms with E-state index in [0.29, 0.717) is 31.6 Å². The molecule has 0 atom stereocenters. The van der Waals surface area contributed by atoms with Gasteiger partial charge in [-0.15, -0.1) is 0 Å². The van der Waals surface area contributed by atoms with E-state index in [1.54, 1.807) is 18.2 Å². The van der Waals surface area contributed by atoms with Gasteiger partial charge in [0.15, 0.2) is 0 Å². The van der Waals surface area contributed by atoms with Gasteiger partial charge < -0.3 is 16.4 Å². The molecule has 2 radical (unpaired) electrons. The molecule has 2 aromatic heterocycles. The Morgan fingerprint density at radius 1 is 1.08 bits per heavy atom. The zero-order chi connectivity index (χ0) is 25.6. The zero-order valence-electron chi connectivity index (χ0n) is 19.6. The van der Waals surface area contributed by atoms with E-state index in [9.17, 15) is 18.8 Å². The fourth-order valence-corrected chi connectivity index (χ4v) is 4.30. The number of aromatic nitrogens is 3. The van der Waals surface area contributed by atoms with Gasteiger partial charge in [-0.05, 0) is 43.2 Å². The fourth-order valence-electron chi connectivity index (χ4n) is 4.30. The highest BCUT2D eigenvalue weighted by molar-refractivity contribution is 6.32. The zero-order valence-corrected chi connectivity index (χ0v) is 19.6. The number of nitrogens with two attached hydrogens (primary N) is 1. The van der Waals surface area contributed by atoms with Gasteiger partial charge in [0.2, 0.25) is 0 Å². The molecular weight excluding hydrogens is 462 g/mol. The first-order chi connectivity index (χ1) is 17.3. The number of nitrogens with zero attached hydrogens (tertiary/aromatic N) is 3. The minimum absolute atomic E-state index is 0.0434. The smallest absolute Gasteiger partial charge is 0.337 e. The van der Waals surface area contributed by atoms with E-state index in [2.05, 4.69) is 10.6 Å². The van der Waals surface area contributed by atoms with Gasteiger partial charge in [0.1, 0.15) is 24.7 Å². The quantitative estimate of drug-likeness (QED) is 0.339. The summed E-state index contributed by atoms with van der Waals surface area (Å²) in [6, 6.07) is 12.1. The maximum atomic E-state index is 14.6. The average molecular weight is 486 g/mol. The van der Waals surface area contributed by atoms with Gasteiger partial charge in [-0.1, -0.05) is 17.6 Å². The summed E-state index contributed by atoms with van der Waals surface area (Å²) in [6.07, 6.45) is 1.39. The van der Waals surface area contributed by atoms with Crippen molar-refractivity contribution in [3.8, 4) is 5.69 Å². The molecule has 0 aliphatic heterocycles. The molecule has 0 amide bonds. The van der Waals surface area contributed by atoms with E-state index in [-0.39, 0.29) is 33.9 Å². The molecule has 0 saturated heterocycles. The SMILES string of the molecule is [B]c1ccc(Nc2cc(=O)n(C)c3c2c(=O)n(C2CC2)c(=O)n3-c2cccc(NCCN)c2)c(F)c1. The Balaban J connectivity index is 1.84. The molecule has 1 aliphatic rings. The van der Waals surface area contributed by atoms with E-state index < -0.39 is 22.6 Å². The summed E-state index contributed by atoms with van der Waals surface area (Å²) in [5, 5.41) is 6.15. The van der Waals surface area contributed by atoms with Crippen LogP contribution in [0.5, 0.6) is 0 Å². The predicted octanol–water partition coefficient (Wildman–Crippen LogP) is 1.23.